The highest BCUT2D eigenvalue weighted by molar-refractivity contribution is 4.98. The summed E-state index contributed by atoms with van der Waals surface area (Å²) in [6, 6.07) is 0. The highest BCUT2D eigenvalue weighted by Gasteiger charge is 2.09. The number of hydrogen-bond donors (Lipinski definition) is 0. The van der Waals surface area contributed by atoms with E-state index in [9.17, 15) is 0 Å². The smallest absolute Gasteiger partial charge is 0.157 e. The molecule has 0 aromatic carbocycles. The fraction of sp³-hybridized carbons (Fsp3) is 0.920. The van der Waals surface area contributed by atoms with Gasteiger partial charge in [0.1, 0.15) is 0 Å². The van der Waals surface area contributed by atoms with Crippen molar-refractivity contribution in [3.63, 3.8) is 0 Å². The molecule has 0 bridgehead atoms. The molecular formula is C25H48O2. The maximum Gasteiger partial charge on any atom is 0.157 e. The molecule has 0 rings (SSSR count). The number of hydrogen-bond acceptors (Lipinski definition) is 2. The summed E-state index contributed by atoms with van der Waals surface area (Å²) < 4.78 is 12.1. The van der Waals surface area contributed by atoms with Gasteiger partial charge >= 0.3 is 0 Å². The van der Waals surface area contributed by atoms with Gasteiger partial charge < -0.3 is 9.47 Å². The van der Waals surface area contributed by atoms with Crippen LogP contribution in [0.25, 0.3) is 0 Å². The first-order valence-electron chi connectivity index (χ1n) is 12.0. The van der Waals surface area contributed by atoms with Crippen molar-refractivity contribution in [1.82, 2.24) is 0 Å². The standard InChI is InChI=1S/C25H48O2/c1-4-7-10-13-14-15-16-19-22-25(26-23-20-17-11-8-5-2)27-24-21-18-12-9-6-3/h25H,4-9,11-12,14-24H2,1-3H3. The van der Waals surface area contributed by atoms with E-state index >= 15 is 0 Å². The first-order valence-corrected chi connectivity index (χ1v) is 12.0. The van der Waals surface area contributed by atoms with E-state index in [-0.39, 0.29) is 6.29 Å². The molecule has 0 heterocycles. The Bertz CT molecular complexity index is 313. The first-order chi connectivity index (χ1) is 13.3. The molecule has 0 N–H and O–H groups in total. The predicted octanol–water partition coefficient (Wildman–Crippen LogP) is 8.04. The molecule has 27 heavy (non-hydrogen) atoms. The Kier molecular flexibility index (Phi) is 23.1. The quantitative estimate of drug-likeness (QED) is 0.121. The molecule has 0 fully saturated rings. The van der Waals surface area contributed by atoms with Crippen LogP contribution in [0.15, 0.2) is 0 Å². The molecule has 0 saturated carbocycles. The molecule has 160 valence electrons. The lowest BCUT2D eigenvalue weighted by molar-refractivity contribution is -0.148. The van der Waals surface area contributed by atoms with Crippen LogP contribution in [0.1, 0.15) is 130 Å². The van der Waals surface area contributed by atoms with Crippen LogP contribution in [-0.4, -0.2) is 19.5 Å². The highest BCUT2D eigenvalue weighted by atomic mass is 16.7. The van der Waals surface area contributed by atoms with Crippen molar-refractivity contribution in [2.75, 3.05) is 13.2 Å². The van der Waals surface area contributed by atoms with Crippen molar-refractivity contribution >= 4 is 0 Å². The van der Waals surface area contributed by atoms with E-state index in [0.717, 1.165) is 32.5 Å². The molecule has 0 aromatic rings. The summed E-state index contributed by atoms with van der Waals surface area (Å²) in [4.78, 5) is 0. The third-order valence-corrected chi connectivity index (χ3v) is 4.84. The Morgan fingerprint density at radius 1 is 0.519 bits per heavy atom. The van der Waals surface area contributed by atoms with Crippen molar-refractivity contribution in [2.24, 2.45) is 0 Å². The van der Waals surface area contributed by atoms with E-state index in [4.69, 9.17) is 9.47 Å². The zero-order valence-corrected chi connectivity index (χ0v) is 18.8. The fourth-order valence-corrected chi connectivity index (χ4v) is 3.06. The molecule has 0 saturated heterocycles. The largest absolute Gasteiger partial charge is 0.353 e. The minimum Gasteiger partial charge on any atom is -0.353 e. The van der Waals surface area contributed by atoms with E-state index in [0.29, 0.717) is 0 Å². The summed E-state index contributed by atoms with van der Waals surface area (Å²) in [5.74, 6) is 6.51. The maximum atomic E-state index is 6.06. The van der Waals surface area contributed by atoms with Crippen molar-refractivity contribution in [2.45, 2.75) is 136 Å². The average Bonchev–Trinajstić information content (AvgIpc) is 2.68. The van der Waals surface area contributed by atoms with Crippen LogP contribution in [0, 0.1) is 11.8 Å². The Hall–Kier alpha value is -0.520. The van der Waals surface area contributed by atoms with Crippen LogP contribution in [0.2, 0.25) is 0 Å². The SMILES string of the molecule is CCCC#CCCCCCC(OCCCCCCC)OCCCCCCC. The summed E-state index contributed by atoms with van der Waals surface area (Å²) in [5.41, 5.74) is 0. The van der Waals surface area contributed by atoms with Crippen LogP contribution in [0.4, 0.5) is 0 Å². The summed E-state index contributed by atoms with van der Waals surface area (Å²) in [6.45, 7) is 8.41. The van der Waals surface area contributed by atoms with E-state index in [1.165, 1.54) is 89.9 Å². The van der Waals surface area contributed by atoms with Gasteiger partial charge in [0, 0.05) is 26.1 Å². The van der Waals surface area contributed by atoms with Gasteiger partial charge in [-0.05, 0) is 38.5 Å². The van der Waals surface area contributed by atoms with Crippen LogP contribution in [0.3, 0.4) is 0 Å². The lowest BCUT2D eigenvalue weighted by Gasteiger charge is -2.19. The van der Waals surface area contributed by atoms with Gasteiger partial charge in [-0.1, -0.05) is 78.6 Å². The monoisotopic (exact) mass is 380 g/mol. The van der Waals surface area contributed by atoms with E-state index in [2.05, 4.69) is 32.6 Å². The van der Waals surface area contributed by atoms with Gasteiger partial charge in [0.25, 0.3) is 0 Å². The molecule has 0 aliphatic heterocycles. The van der Waals surface area contributed by atoms with Gasteiger partial charge in [0.2, 0.25) is 0 Å². The Balaban J connectivity index is 3.85. The van der Waals surface area contributed by atoms with E-state index in [1.54, 1.807) is 0 Å². The van der Waals surface area contributed by atoms with Crippen LogP contribution in [0.5, 0.6) is 0 Å². The van der Waals surface area contributed by atoms with Crippen molar-refractivity contribution < 1.29 is 9.47 Å². The van der Waals surface area contributed by atoms with Gasteiger partial charge in [-0.15, -0.1) is 11.8 Å². The molecule has 0 atom stereocenters. The second-order valence-electron chi connectivity index (χ2n) is 7.70. The number of rotatable bonds is 20. The van der Waals surface area contributed by atoms with E-state index < -0.39 is 0 Å². The van der Waals surface area contributed by atoms with E-state index in [1.807, 2.05) is 0 Å². The predicted molar refractivity (Wildman–Crippen MR) is 119 cm³/mol. The molecule has 0 aromatic heterocycles. The van der Waals surface area contributed by atoms with Crippen LogP contribution in [-0.2, 0) is 9.47 Å². The normalized spacial score (nSPS) is 11.0. The molecule has 0 radical (unpaired) electrons. The average molecular weight is 381 g/mol. The Labute approximate surface area is 171 Å². The number of unbranched alkanes of at least 4 members (excludes halogenated alkanes) is 12. The van der Waals surface area contributed by atoms with Gasteiger partial charge in [0.05, 0.1) is 0 Å². The molecule has 2 nitrogen and oxygen atoms in total. The summed E-state index contributed by atoms with van der Waals surface area (Å²) in [6.07, 6.45) is 20.8. The number of ether oxygens (including phenoxy) is 2. The van der Waals surface area contributed by atoms with Crippen LogP contribution < -0.4 is 0 Å². The molecule has 2 heteroatoms. The summed E-state index contributed by atoms with van der Waals surface area (Å²) in [7, 11) is 0. The molecule has 0 unspecified atom stereocenters. The topological polar surface area (TPSA) is 18.5 Å². The van der Waals surface area contributed by atoms with Crippen molar-refractivity contribution in [1.29, 1.82) is 0 Å². The van der Waals surface area contributed by atoms with Crippen molar-refractivity contribution in [3.8, 4) is 11.8 Å². The zero-order chi connectivity index (χ0) is 19.8. The van der Waals surface area contributed by atoms with Gasteiger partial charge in [-0.25, -0.2) is 0 Å². The second kappa shape index (κ2) is 23.5. The molecule has 0 spiro atoms. The minimum absolute atomic E-state index is 0.00789. The first kappa shape index (κ1) is 26.5. The van der Waals surface area contributed by atoms with Gasteiger partial charge in [0.15, 0.2) is 6.29 Å². The maximum absolute atomic E-state index is 6.06. The fourth-order valence-electron chi connectivity index (χ4n) is 3.06. The third kappa shape index (κ3) is 21.6. The molecule has 0 amide bonds. The highest BCUT2D eigenvalue weighted by Crippen LogP contribution is 2.13. The lowest BCUT2D eigenvalue weighted by Crippen LogP contribution is -2.19. The summed E-state index contributed by atoms with van der Waals surface area (Å²) >= 11 is 0. The third-order valence-electron chi connectivity index (χ3n) is 4.84. The summed E-state index contributed by atoms with van der Waals surface area (Å²) in [5, 5.41) is 0. The zero-order valence-electron chi connectivity index (χ0n) is 18.8. The van der Waals surface area contributed by atoms with Gasteiger partial charge in [-0.3, -0.25) is 0 Å². The molecule has 0 aliphatic carbocycles. The Morgan fingerprint density at radius 3 is 1.59 bits per heavy atom. The van der Waals surface area contributed by atoms with Gasteiger partial charge in [-0.2, -0.15) is 0 Å². The minimum atomic E-state index is 0.00789. The Morgan fingerprint density at radius 2 is 1.04 bits per heavy atom. The van der Waals surface area contributed by atoms with Crippen LogP contribution >= 0.6 is 0 Å². The molecule has 0 aliphatic rings. The molecular weight excluding hydrogens is 332 g/mol. The van der Waals surface area contributed by atoms with Crippen molar-refractivity contribution in [3.05, 3.63) is 0 Å². The lowest BCUT2D eigenvalue weighted by atomic mass is 10.1. The second-order valence-corrected chi connectivity index (χ2v) is 7.70.